The van der Waals surface area contributed by atoms with Gasteiger partial charge in [-0.3, -0.25) is 0 Å². The van der Waals surface area contributed by atoms with Crippen molar-refractivity contribution in [2.45, 2.75) is 37.2 Å². The van der Waals surface area contributed by atoms with E-state index in [2.05, 4.69) is 18.1 Å². The standard InChI is InChI=1S/C25H25FN2O3S/c1-25-14-17-15-27-28(20-10-8-19(26)9-11-20)23(17)13-18(25)7-12-22(25)24(29)16-32(30,31)21-5-3-2-4-6-21/h2-6,8-11,13,15,22,24,29H,7,12,14,16H2,1H3/t22-,24+,25+/m1/s1. The van der Waals surface area contributed by atoms with Crippen LogP contribution in [-0.4, -0.2) is 35.2 Å². The third kappa shape index (κ3) is 3.49. The van der Waals surface area contributed by atoms with Crippen molar-refractivity contribution >= 4 is 15.9 Å². The molecule has 0 bridgehead atoms. The molecule has 1 fully saturated rings. The van der Waals surface area contributed by atoms with Gasteiger partial charge in [-0.05, 0) is 78.6 Å². The monoisotopic (exact) mass is 452 g/mol. The van der Waals surface area contributed by atoms with Crippen molar-refractivity contribution in [3.63, 3.8) is 0 Å². The summed E-state index contributed by atoms with van der Waals surface area (Å²) >= 11 is 0. The molecule has 0 amide bonds. The molecule has 0 unspecified atom stereocenters. The van der Waals surface area contributed by atoms with E-state index >= 15 is 0 Å². The summed E-state index contributed by atoms with van der Waals surface area (Å²) in [5, 5.41) is 15.6. The molecule has 2 aliphatic carbocycles. The minimum atomic E-state index is -3.57. The lowest BCUT2D eigenvalue weighted by molar-refractivity contribution is 0.0731. The maximum atomic E-state index is 13.3. The first-order valence-electron chi connectivity index (χ1n) is 10.8. The lowest BCUT2D eigenvalue weighted by Gasteiger charge is -2.38. The van der Waals surface area contributed by atoms with Gasteiger partial charge in [0.15, 0.2) is 9.84 Å². The molecule has 3 atom stereocenters. The predicted octanol–water partition coefficient (Wildman–Crippen LogP) is 4.20. The van der Waals surface area contributed by atoms with Gasteiger partial charge in [0.2, 0.25) is 0 Å². The average molecular weight is 453 g/mol. The number of rotatable bonds is 5. The van der Waals surface area contributed by atoms with Crippen molar-refractivity contribution in [3.8, 4) is 5.69 Å². The molecule has 2 aliphatic rings. The first-order chi connectivity index (χ1) is 15.3. The largest absolute Gasteiger partial charge is 0.392 e. The van der Waals surface area contributed by atoms with Gasteiger partial charge in [0.25, 0.3) is 0 Å². The van der Waals surface area contributed by atoms with Crippen LogP contribution in [0.15, 0.2) is 71.3 Å². The molecule has 166 valence electrons. The number of aliphatic hydroxyl groups is 1. The highest BCUT2D eigenvalue weighted by Gasteiger charge is 2.49. The van der Waals surface area contributed by atoms with Crippen LogP contribution in [0.1, 0.15) is 31.0 Å². The van der Waals surface area contributed by atoms with Crippen molar-refractivity contribution in [2.75, 3.05) is 5.75 Å². The fraction of sp³-hybridized carbons (Fsp3) is 0.320. The molecule has 5 nitrogen and oxygen atoms in total. The van der Waals surface area contributed by atoms with E-state index in [0.29, 0.717) is 6.42 Å². The van der Waals surface area contributed by atoms with Crippen molar-refractivity contribution < 1.29 is 17.9 Å². The summed E-state index contributed by atoms with van der Waals surface area (Å²) in [5.74, 6) is -0.736. The van der Waals surface area contributed by atoms with Gasteiger partial charge in [-0.1, -0.05) is 30.7 Å². The van der Waals surface area contributed by atoms with Crippen molar-refractivity contribution in [3.05, 3.63) is 83.4 Å². The number of fused-ring (bicyclic) bond motifs is 2. The minimum absolute atomic E-state index is 0.158. The van der Waals surface area contributed by atoms with Gasteiger partial charge >= 0.3 is 0 Å². The van der Waals surface area contributed by atoms with Gasteiger partial charge in [-0.25, -0.2) is 17.5 Å². The molecule has 0 spiro atoms. The van der Waals surface area contributed by atoms with E-state index in [1.807, 2.05) is 10.9 Å². The molecule has 1 aromatic heterocycles. The second kappa shape index (κ2) is 7.67. The van der Waals surface area contributed by atoms with E-state index in [1.165, 1.54) is 17.7 Å². The zero-order chi connectivity index (χ0) is 22.5. The topological polar surface area (TPSA) is 72.2 Å². The quantitative estimate of drug-likeness (QED) is 0.630. The summed E-state index contributed by atoms with van der Waals surface area (Å²) < 4.78 is 40.8. The predicted molar refractivity (Wildman–Crippen MR) is 121 cm³/mol. The van der Waals surface area contributed by atoms with E-state index < -0.39 is 15.9 Å². The van der Waals surface area contributed by atoms with Crippen molar-refractivity contribution in [1.29, 1.82) is 0 Å². The number of aliphatic hydroxyl groups excluding tert-OH is 1. The third-order valence-corrected chi connectivity index (χ3v) is 8.83. The van der Waals surface area contributed by atoms with Crippen LogP contribution in [0.5, 0.6) is 0 Å². The van der Waals surface area contributed by atoms with Crippen LogP contribution >= 0.6 is 0 Å². The maximum absolute atomic E-state index is 13.3. The SMILES string of the molecule is C[C@]12Cc3cnn(-c4ccc(F)cc4)c3C=C1CC[C@@H]2[C@@H](O)CS(=O)(=O)c1ccccc1. The molecule has 0 radical (unpaired) electrons. The number of halogens is 1. The molecule has 0 aliphatic heterocycles. The van der Waals surface area contributed by atoms with E-state index in [9.17, 15) is 17.9 Å². The van der Waals surface area contributed by atoms with Crippen molar-refractivity contribution in [1.82, 2.24) is 9.78 Å². The highest BCUT2D eigenvalue weighted by atomic mass is 32.2. The summed E-state index contributed by atoms with van der Waals surface area (Å²) in [4.78, 5) is 0.240. The fourth-order valence-corrected chi connectivity index (χ4v) is 6.79. The second-order valence-electron chi connectivity index (χ2n) is 9.01. The molecule has 32 heavy (non-hydrogen) atoms. The van der Waals surface area contributed by atoms with E-state index in [-0.39, 0.29) is 27.8 Å². The Morgan fingerprint density at radius 3 is 2.62 bits per heavy atom. The molecule has 3 aromatic rings. The number of hydrogen-bond donors (Lipinski definition) is 1. The average Bonchev–Trinajstić information content (AvgIpc) is 3.32. The summed E-state index contributed by atoms with van der Waals surface area (Å²) in [6, 6.07) is 14.5. The Morgan fingerprint density at radius 1 is 1.19 bits per heavy atom. The van der Waals surface area contributed by atoms with E-state index in [0.717, 1.165) is 29.8 Å². The normalized spacial score (nSPS) is 23.3. The van der Waals surface area contributed by atoms with Gasteiger partial charge < -0.3 is 5.11 Å². The summed E-state index contributed by atoms with van der Waals surface area (Å²) in [5.41, 5.74) is 3.68. The van der Waals surface area contributed by atoms with Gasteiger partial charge in [0, 0.05) is 0 Å². The Balaban J connectivity index is 1.42. The molecular formula is C25H25FN2O3S. The zero-order valence-corrected chi connectivity index (χ0v) is 18.6. The zero-order valence-electron chi connectivity index (χ0n) is 17.8. The van der Waals surface area contributed by atoms with Crippen LogP contribution in [0.2, 0.25) is 0 Å². The van der Waals surface area contributed by atoms with Gasteiger partial charge in [0.1, 0.15) is 5.82 Å². The number of nitrogens with zero attached hydrogens (tertiary/aromatic N) is 2. The van der Waals surface area contributed by atoms with Crippen LogP contribution in [-0.2, 0) is 16.3 Å². The van der Waals surface area contributed by atoms with Crippen molar-refractivity contribution in [2.24, 2.45) is 11.3 Å². The number of sulfone groups is 1. The molecule has 5 rings (SSSR count). The van der Waals surface area contributed by atoms with Gasteiger partial charge in [-0.15, -0.1) is 0 Å². The van der Waals surface area contributed by atoms with Crippen LogP contribution in [0.3, 0.4) is 0 Å². The highest BCUT2D eigenvalue weighted by molar-refractivity contribution is 7.91. The number of aromatic nitrogens is 2. The molecule has 2 aromatic carbocycles. The smallest absolute Gasteiger partial charge is 0.180 e. The number of benzene rings is 2. The molecule has 1 heterocycles. The van der Waals surface area contributed by atoms with Crippen LogP contribution in [0.4, 0.5) is 4.39 Å². The first-order valence-corrected chi connectivity index (χ1v) is 12.4. The first kappa shape index (κ1) is 21.1. The minimum Gasteiger partial charge on any atom is -0.392 e. The molecule has 7 heteroatoms. The Hall–Kier alpha value is -2.77. The molecule has 0 saturated heterocycles. The van der Waals surface area contributed by atoms with Crippen LogP contribution in [0, 0.1) is 17.2 Å². The van der Waals surface area contributed by atoms with Crippen LogP contribution < -0.4 is 0 Å². The van der Waals surface area contributed by atoms with E-state index in [1.54, 1.807) is 42.5 Å². The lowest BCUT2D eigenvalue weighted by atomic mass is 9.68. The highest BCUT2D eigenvalue weighted by Crippen LogP contribution is 2.54. The summed E-state index contributed by atoms with van der Waals surface area (Å²) in [6.45, 7) is 2.12. The summed E-state index contributed by atoms with van der Waals surface area (Å²) in [6.07, 6.45) is 5.21. The molecule has 1 saturated carbocycles. The Morgan fingerprint density at radius 2 is 1.91 bits per heavy atom. The molecular weight excluding hydrogens is 427 g/mol. The van der Waals surface area contributed by atoms with Gasteiger partial charge in [0.05, 0.1) is 34.3 Å². The Bertz CT molecular complexity index is 1280. The number of allylic oxidation sites excluding steroid dienone is 1. The molecule has 1 N–H and O–H groups in total. The second-order valence-corrected chi connectivity index (χ2v) is 11.0. The number of hydrogen-bond acceptors (Lipinski definition) is 4. The maximum Gasteiger partial charge on any atom is 0.180 e. The van der Waals surface area contributed by atoms with Crippen LogP contribution in [0.25, 0.3) is 11.8 Å². The third-order valence-electron chi connectivity index (χ3n) is 7.06. The van der Waals surface area contributed by atoms with Gasteiger partial charge in [-0.2, -0.15) is 5.10 Å². The summed E-state index contributed by atoms with van der Waals surface area (Å²) in [7, 11) is -3.57. The van der Waals surface area contributed by atoms with E-state index in [4.69, 9.17) is 0 Å². The Labute approximate surface area is 187 Å². The fourth-order valence-electron chi connectivity index (χ4n) is 5.35. The lowest BCUT2D eigenvalue weighted by Crippen LogP contribution is -2.39. The Kier molecular flexibility index (Phi) is 5.06.